The van der Waals surface area contributed by atoms with Gasteiger partial charge in [0.25, 0.3) is 0 Å². The number of hydrogen-bond donors (Lipinski definition) is 2. The van der Waals surface area contributed by atoms with E-state index >= 15 is 0 Å². The molecule has 0 atom stereocenters. The second kappa shape index (κ2) is 6.07. The number of pyridine rings is 1. The van der Waals surface area contributed by atoms with Gasteiger partial charge in [0.1, 0.15) is 15.7 Å². The van der Waals surface area contributed by atoms with Crippen LogP contribution in [0.5, 0.6) is 0 Å². The number of nitrogen functional groups attached to an aromatic ring is 1. The predicted octanol–water partition coefficient (Wildman–Crippen LogP) is 0.645. The maximum Gasteiger partial charge on any atom is 0.148 e. The van der Waals surface area contributed by atoms with Crippen LogP contribution in [0.25, 0.3) is 0 Å². The van der Waals surface area contributed by atoms with Crippen molar-refractivity contribution in [1.29, 1.82) is 0 Å². The number of nitrogens with one attached hydrogen (secondary N) is 1. The summed E-state index contributed by atoms with van der Waals surface area (Å²) >= 11 is 1.55. The van der Waals surface area contributed by atoms with Gasteiger partial charge in [-0.05, 0) is 6.07 Å². The van der Waals surface area contributed by atoms with Gasteiger partial charge in [-0.3, -0.25) is 0 Å². The fourth-order valence-corrected chi connectivity index (χ4v) is 3.36. The second-order valence-electron chi connectivity index (χ2n) is 3.34. The summed E-state index contributed by atoms with van der Waals surface area (Å²) < 4.78 is 21.8. The molecule has 0 aromatic carbocycles. The van der Waals surface area contributed by atoms with Crippen molar-refractivity contribution in [3.05, 3.63) is 23.9 Å². The highest BCUT2D eigenvalue weighted by Crippen LogP contribution is 2.17. The molecule has 0 aliphatic rings. The number of hydrogen-bond acceptors (Lipinski definition) is 6. The van der Waals surface area contributed by atoms with E-state index in [1.165, 1.54) is 6.26 Å². The minimum atomic E-state index is -2.87. The Kier molecular flexibility index (Phi) is 5.04. The van der Waals surface area contributed by atoms with Crippen LogP contribution in [0.15, 0.2) is 18.3 Å². The summed E-state index contributed by atoms with van der Waals surface area (Å²) in [5.74, 6) is 7.42. The fourth-order valence-electron chi connectivity index (χ4n) is 1.08. The lowest BCUT2D eigenvalue weighted by Crippen LogP contribution is -2.11. The smallest absolute Gasteiger partial charge is 0.148 e. The van der Waals surface area contributed by atoms with Gasteiger partial charge in [0.15, 0.2) is 0 Å². The summed E-state index contributed by atoms with van der Waals surface area (Å²) in [5.41, 5.74) is 3.49. The number of anilines is 1. The average molecular weight is 261 g/mol. The van der Waals surface area contributed by atoms with Crippen LogP contribution in [-0.2, 0) is 15.6 Å². The van der Waals surface area contributed by atoms with Crippen LogP contribution in [0.2, 0.25) is 0 Å². The van der Waals surface area contributed by atoms with E-state index in [2.05, 4.69) is 10.4 Å². The number of nitrogens with zero attached hydrogens (tertiary/aromatic N) is 1. The Balaban J connectivity index is 2.43. The lowest BCUT2D eigenvalue weighted by molar-refractivity contribution is 0.603. The number of nitrogens with two attached hydrogens (primary N) is 1. The molecule has 0 radical (unpaired) electrons. The normalized spacial score (nSPS) is 11.4. The molecule has 1 heterocycles. The molecule has 1 rings (SSSR count). The molecule has 0 fully saturated rings. The summed E-state index contributed by atoms with van der Waals surface area (Å²) in [5, 5.41) is 0. The maximum atomic E-state index is 10.9. The van der Waals surface area contributed by atoms with Gasteiger partial charge in [-0.1, -0.05) is 6.07 Å². The molecule has 0 bridgehead atoms. The first-order chi connectivity index (χ1) is 7.53. The van der Waals surface area contributed by atoms with Gasteiger partial charge >= 0.3 is 0 Å². The van der Waals surface area contributed by atoms with Crippen LogP contribution >= 0.6 is 11.8 Å². The van der Waals surface area contributed by atoms with Crippen LogP contribution in [0.4, 0.5) is 5.82 Å². The number of hydrazine groups is 1. The van der Waals surface area contributed by atoms with Crippen molar-refractivity contribution in [2.24, 2.45) is 5.84 Å². The molecule has 16 heavy (non-hydrogen) atoms. The topological polar surface area (TPSA) is 85.1 Å². The highest BCUT2D eigenvalue weighted by molar-refractivity contribution is 7.99. The van der Waals surface area contributed by atoms with Crippen molar-refractivity contribution in [3.8, 4) is 0 Å². The van der Waals surface area contributed by atoms with E-state index in [1.807, 2.05) is 12.1 Å². The van der Waals surface area contributed by atoms with Crippen molar-refractivity contribution < 1.29 is 8.42 Å². The molecule has 1 aromatic rings. The highest BCUT2D eigenvalue weighted by Gasteiger charge is 2.04. The Morgan fingerprint density at radius 3 is 2.94 bits per heavy atom. The Morgan fingerprint density at radius 2 is 2.31 bits per heavy atom. The number of rotatable bonds is 6. The Labute approximate surface area is 99.7 Å². The minimum absolute atomic E-state index is 0.198. The predicted molar refractivity (Wildman–Crippen MR) is 67.9 cm³/mol. The molecule has 1 aromatic heterocycles. The van der Waals surface area contributed by atoms with E-state index in [9.17, 15) is 8.42 Å². The van der Waals surface area contributed by atoms with E-state index < -0.39 is 9.84 Å². The summed E-state index contributed by atoms with van der Waals surface area (Å²) in [6.07, 6.45) is 2.89. The van der Waals surface area contributed by atoms with Crippen LogP contribution in [0.1, 0.15) is 5.56 Å². The molecule has 5 nitrogen and oxygen atoms in total. The molecule has 0 aliphatic heterocycles. The highest BCUT2D eigenvalue weighted by atomic mass is 32.2. The van der Waals surface area contributed by atoms with Gasteiger partial charge in [0.05, 0.1) is 5.75 Å². The Morgan fingerprint density at radius 1 is 1.56 bits per heavy atom. The van der Waals surface area contributed by atoms with Gasteiger partial charge in [0, 0.05) is 29.5 Å². The lowest BCUT2D eigenvalue weighted by atomic mass is 10.3. The van der Waals surface area contributed by atoms with Gasteiger partial charge in [-0.25, -0.2) is 19.2 Å². The van der Waals surface area contributed by atoms with Gasteiger partial charge in [0.2, 0.25) is 0 Å². The van der Waals surface area contributed by atoms with Crippen LogP contribution in [0.3, 0.4) is 0 Å². The molecule has 7 heteroatoms. The van der Waals surface area contributed by atoms with Crippen LogP contribution in [0, 0.1) is 0 Å². The average Bonchev–Trinajstić information content (AvgIpc) is 2.23. The summed E-state index contributed by atoms with van der Waals surface area (Å²) in [6, 6.07) is 3.74. The molecule has 0 aliphatic carbocycles. The van der Waals surface area contributed by atoms with Crippen molar-refractivity contribution in [1.82, 2.24) is 4.98 Å². The van der Waals surface area contributed by atoms with Crippen molar-refractivity contribution in [2.45, 2.75) is 5.75 Å². The molecular weight excluding hydrogens is 246 g/mol. The first kappa shape index (κ1) is 13.3. The molecule has 0 unspecified atom stereocenters. The lowest BCUT2D eigenvalue weighted by Gasteiger charge is -2.06. The summed E-state index contributed by atoms with van der Waals surface area (Å²) in [7, 11) is -2.87. The third-order valence-electron chi connectivity index (χ3n) is 1.88. The third kappa shape index (κ3) is 4.82. The van der Waals surface area contributed by atoms with Crippen LogP contribution < -0.4 is 11.3 Å². The zero-order chi connectivity index (χ0) is 12.0. The van der Waals surface area contributed by atoms with Crippen molar-refractivity contribution in [3.63, 3.8) is 0 Å². The van der Waals surface area contributed by atoms with E-state index in [4.69, 9.17) is 5.84 Å². The summed E-state index contributed by atoms with van der Waals surface area (Å²) in [4.78, 5) is 4.06. The third-order valence-corrected chi connectivity index (χ3v) is 4.10. The summed E-state index contributed by atoms with van der Waals surface area (Å²) in [6.45, 7) is 0. The number of sulfone groups is 1. The largest absolute Gasteiger partial charge is 0.308 e. The van der Waals surface area contributed by atoms with E-state index in [1.54, 1.807) is 18.0 Å². The van der Waals surface area contributed by atoms with Gasteiger partial charge < -0.3 is 5.43 Å². The van der Waals surface area contributed by atoms with Gasteiger partial charge in [-0.15, -0.1) is 0 Å². The van der Waals surface area contributed by atoms with Gasteiger partial charge in [-0.2, -0.15) is 11.8 Å². The van der Waals surface area contributed by atoms with E-state index in [-0.39, 0.29) is 5.75 Å². The minimum Gasteiger partial charge on any atom is -0.308 e. The first-order valence-electron chi connectivity index (χ1n) is 4.69. The van der Waals surface area contributed by atoms with E-state index in [0.29, 0.717) is 17.3 Å². The molecule has 0 saturated heterocycles. The van der Waals surface area contributed by atoms with Crippen molar-refractivity contribution in [2.75, 3.05) is 23.2 Å². The maximum absolute atomic E-state index is 10.9. The number of aromatic nitrogens is 1. The van der Waals surface area contributed by atoms with E-state index in [0.717, 1.165) is 5.56 Å². The molecule has 3 N–H and O–H groups in total. The van der Waals surface area contributed by atoms with Crippen molar-refractivity contribution >= 4 is 27.4 Å². The zero-order valence-corrected chi connectivity index (χ0v) is 10.6. The number of thioether (sulfide) groups is 1. The second-order valence-corrected chi connectivity index (χ2v) is 6.70. The molecule has 0 spiro atoms. The molecule has 90 valence electrons. The standard InChI is InChI=1S/C9H15N3O2S2/c1-16(13,14)6-5-15-7-8-3-2-4-11-9(8)12-10/h2-4H,5-7,10H2,1H3,(H,11,12). The molecular formula is C9H15N3O2S2. The monoisotopic (exact) mass is 261 g/mol. The quantitative estimate of drug-likeness (QED) is 0.444. The SMILES string of the molecule is CS(=O)(=O)CCSCc1cccnc1NN. The zero-order valence-electron chi connectivity index (χ0n) is 9.01. The Bertz CT molecular complexity index is 434. The molecule has 0 saturated carbocycles. The fraction of sp³-hybridized carbons (Fsp3) is 0.444. The first-order valence-corrected chi connectivity index (χ1v) is 7.90. The van der Waals surface area contributed by atoms with Crippen LogP contribution in [-0.4, -0.2) is 31.2 Å². The Hall–Kier alpha value is -0.790. The molecule has 0 amide bonds.